The zero-order chi connectivity index (χ0) is 86.5. The number of hydrogen-bond donors (Lipinski definition) is 3. The van der Waals surface area contributed by atoms with Gasteiger partial charge in [-0.05, 0) is 69.7 Å². The number of ether oxygens (including phenoxy) is 15. The van der Waals surface area contributed by atoms with Crippen LogP contribution in [0.4, 0.5) is 0 Å². The molecular formula is C63H79Li9N9O39S6-3. The molecule has 3 aromatic rings. The van der Waals surface area contributed by atoms with Crippen molar-refractivity contribution in [1.29, 1.82) is 0 Å². The molecule has 6 aliphatic heterocycles. The minimum atomic E-state index is -5.45. The summed E-state index contributed by atoms with van der Waals surface area (Å²) in [5.41, 5.74) is 32.0. The summed E-state index contributed by atoms with van der Waals surface area (Å²) in [5.74, 6) is -0.596. The van der Waals surface area contributed by atoms with Crippen molar-refractivity contribution in [3.05, 3.63) is 178 Å². The Balaban J connectivity index is -0.00000286. The second-order valence-corrected chi connectivity index (χ2v) is 31.2. The second kappa shape index (κ2) is 64.3. The quantitative estimate of drug-likeness (QED) is 0.00566. The van der Waals surface area contributed by atoms with E-state index in [1.165, 1.54) is 26.4 Å². The summed E-state index contributed by atoms with van der Waals surface area (Å²) in [6.07, 6.45) is -11.8. The van der Waals surface area contributed by atoms with Gasteiger partial charge in [-0.1, -0.05) is 152 Å². The Morgan fingerprint density at radius 2 is 0.683 bits per heavy atom. The summed E-state index contributed by atoms with van der Waals surface area (Å²) in [6.45, 7) is 7.77. The SMILES string of the molecule is C#CCCCO[C@@H]1OC(COS(=O)(=O)[O-])[C@H](O[C@H]2[CH-][C@H](OCc3ccccc3)[C@@H](O[C@@H]3OC(COS(=O)(=O)[O-])[C@H](O[C@H]4[CH-][C@H](OCc5ccccc5)[C@@H](O[C@@H]5OC(COS(=O)(=O)[O-])[C@H](O[C@H]6[CH-][C@H](OCc7ccccc7)[C@@H](C)[CH-]O6)[C@H](C)C5N=[N+]=[N-])[CH-]O4)[C@H](C)C3N=[N+]=[N-])[CH-]O2)[C@H](C)C1N=[N+]=[N-].O=S(=O)([O-])O.O=S(=O)([O-])O.O=S(=O)([O-])O.[Li+].[Li+].[Li+].[Li+].[Li+].[Li+].[Li+].[Li+].[Li+]. The zero-order valence-electron chi connectivity index (χ0n) is 70.4. The normalized spacial score (nSPS) is 29.4. The van der Waals surface area contributed by atoms with Gasteiger partial charge in [0.15, 0.2) is 18.9 Å². The van der Waals surface area contributed by atoms with Crippen LogP contribution in [0.15, 0.2) is 106 Å². The van der Waals surface area contributed by atoms with Crippen LogP contribution in [0.2, 0.25) is 0 Å². The van der Waals surface area contributed by atoms with Crippen LogP contribution in [0, 0.1) is 75.1 Å². The van der Waals surface area contributed by atoms with Gasteiger partial charge in [-0.15, -0.1) is 18.3 Å². The van der Waals surface area contributed by atoms with Crippen molar-refractivity contribution in [3.8, 4) is 12.3 Å². The van der Waals surface area contributed by atoms with Gasteiger partial charge in [-0.2, -0.15) is 13.2 Å². The molecule has 3 aromatic carbocycles. The predicted octanol–water partition coefficient (Wildman–Crippen LogP) is -23.5. The maximum absolute atomic E-state index is 12.2. The van der Waals surface area contributed by atoms with E-state index in [1.54, 1.807) is 80.9 Å². The first-order chi connectivity index (χ1) is 54.9. The average Bonchev–Trinajstić information content (AvgIpc) is 0.788. The van der Waals surface area contributed by atoms with Crippen molar-refractivity contribution in [3.63, 3.8) is 0 Å². The predicted molar refractivity (Wildman–Crippen MR) is 379 cm³/mol. The van der Waals surface area contributed by atoms with Gasteiger partial charge < -0.3 is 98.4 Å². The van der Waals surface area contributed by atoms with E-state index in [-0.39, 0.29) is 202 Å². The summed E-state index contributed by atoms with van der Waals surface area (Å²) >= 11 is 0. The molecule has 0 aliphatic carbocycles. The van der Waals surface area contributed by atoms with Crippen molar-refractivity contribution in [2.45, 2.75) is 183 Å². The molecule has 0 amide bonds. The van der Waals surface area contributed by atoms with Crippen molar-refractivity contribution in [2.75, 3.05) is 26.4 Å². The monoisotopic (exact) mass is 1840 g/mol. The van der Waals surface area contributed by atoms with Gasteiger partial charge in [0.05, 0.1) is 82.7 Å². The number of rotatable bonds is 35. The van der Waals surface area contributed by atoms with Gasteiger partial charge >= 0.3 is 170 Å². The molecule has 63 heteroatoms. The first kappa shape index (κ1) is 131. The van der Waals surface area contributed by atoms with Crippen molar-refractivity contribution in [2.24, 2.45) is 39.0 Å². The van der Waals surface area contributed by atoms with Gasteiger partial charge in [0.25, 0.3) is 0 Å². The topological polar surface area (TPSA) is 716 Å². The molecule has 48 nitrogen and oxygen atoms in total. The summed E-state index contributed by atoms with van der Waals surface area (Å²) in [7, 11) is -30.8. The number of unbranched alkanes of at least 4 members (excludes halogenated alkanes) is 1. The van der Waals surface area contributed by atoms with Crippen LogP contribution in [0.25, 0.3) is 31.3 Å². The van der Waals surface area contributed by atoms with Crippen molar-refractivity contribution >= 4 is 62.4 Å². The molecule has 6 aliphatic rings. The largest absolute Gasteiger partial charge is 1.00 e. The van der Waals surface area contributed by atoms with Gasteiger partial charge in [0, 0.05) is 40.0 Å². The maximum Gasteiger partial charge on any atom is 1.00 e. The van der Waals surface area contributed by atoms with E-state index in [0.29, 0.717) is 24.0 Å². The number of benzene rings is 3. The molecule has 658 valence electrons. The Labute approximate surface area is 837 Å². The molecule has 6 heterocycles. The molecular weight excluding hydrogens is 1760 g/mol. The smallest absolute Gasteiger partial charge is 0.726 e. The molecule has 6 fully saturated rings. The van der Waals surface area contributed by atoms with Gasteiger partial charge in [-0.25, -0.2) is 70.0 Å². The minimum absolute atomic E-state index is 0. The number of terminal acetylenes is 1. The molecule has 0 saturated carbocycles. The first-order valence-corrected chi connectivity index (χ1v) is 42.2. The van der Waals surface area contributed by atoms with E-state index in [1.807, 2.05) is 37.3 Å². The number of azide groups is 3. The molecule has 0 radical (unpaired) electrons. The van der Waals surface area contributed by atoms with Crippen LogP contribution in [0.3, 0.4) is 0 Å². The number of hydrogen-bond acceptors (Lipinski definition) is 39. The first-order valence-electron chi connectivity index (χ1n) is 34.1. The minimum Gasteiger partial charge on any atom is -0.726 e. The Kier molecular flexibility index (Phi) is 67.0. The van der Waals surface area contributed by atoms with E-state index >= 15 is 0 Å². The van der Waals surface area contributed by atoms with Crippen LogP contribution in [0.1, 0.15) is 57.2 Å². The second-order valence-electron chi connectivity index (χ2n) is 25.5. The Bertz CT molecular complexity index is 4420. The van der Waals surface area contributed by atoms with Crippen LogP contribution in [0.5, 0.6) is 0 Å². The van der Waals surface area contributed by atoms with E-state index in [0.717, 1.165) is 18.8 Å². The summed E-state index contributed by atoms with van der Waals surface area (Å²) in [6, 6.07) is 23.4. The molecule has 6 saturated heterocycles. The van der Waals surface area contributed by atoms with Gasteiger partial charge in [0.2, 0.25) is 62.4 Å². The molecule has 0 bridgehead atoms. The fraction of sp³-hybridized carbons (Fsp3) is 0.587. The van der Waals surface area contributed by atoms with E-state index in [2.05, 4.69) is 40.2 Å². The van der Waals surface area contributed by atoms with Crippen LogP contribution in [-0.4, -0.2) is 241 Å². The third kappa shape index (κ3) is 50.8. The van der Waals surface area contributed by atoms with Gasteiger partial charge in [-0.3, -0.25) is 32.6 Å². The molecule has 9 rings (SSSR count). The van der Waals surface area contributed by atoms with Crippen LogP contribution >= 0.6 is 0 Å². The molecule has 6 unspecified atom stereocenters. The zero-order valence-corrected chi connectivity index (χ0v) is 75.3. The fourth-order valence-corrected chi connectivity index (χ4v) is 12.9. The Morgan fingerprint density at radius 1 is 0.413 bits per heavy atom. The maximum atomic E-state index is 12.2. The fourth-order valence-electron chi connectivity index (χ4n) is 12.0. The number of nitrogens with zero attached hydrogens (tertiary/aromatic N) is 9. The third-order valence-electron chi connectivity index (χ3n) is 17.1. The molecule has 24 atom stereocenters. The summed E-state index contributed by atoms with van der Waals surface area (Å²) in [4.78, 5) is 9.06. The van der Waals surface area contributed by atoms with E-state index in [9.17, 15) is 55.5 Å². The van der Waals surface area contributed by atoms with E-state index in [4.69, 9.17) is 138 Å². The molecule has 3 N–H and O–H groups in total. The summed E-state index contributed by atoms with van der Waals surface area (Å²) < 4.78 is 315. The van der Waals surface area contributed by atoms with Crippen LogP contribution in [-0.2, 0) is 166 Å². The molecule has 0 spiro atoms. The van der Waals surface area contributed by atoms with Crippen molar-refractivity contribution in [1.82, 2.24) is 0 Å². The average molecular weight is 1840 g/mol. The van der Waals surface area contributed by atoms with Gasteiger partial charge in [0.1, 0.15) is 18.3 Å². The molecule has 0 aromatic heterocycles. The molecule has 126 heavy (non-hydrogen) atoms. The Hall–Kier alpha value is -0.853. The summed E-state index contributed by atoms with van der Waals surface area (Å²) in [5, 5.41) is 11.9. The van der Waals surface area contributed by atoms with Crippen LogP contribution < -0.4 is 170 Å². The third-order valence-corrected chi connectivity index (χ3v) is 18.4. The van der Waals surface area contributed by atoms with E-state index < -0.39 is 223 Å². The standard InChI is InChI=1S/C63H79N9O27S3.9Li.3H2O4S/c1-6-7-17-24-82-61-55(67-70-64)38(3)58(49(94-61)34-89-100(73,74)75)98-53-26-45(84-30-42-20-13-9-14-21-42)47(32-87-53)93-63-57(69-72-66)40(5)60(51(96-63)36-91-102(79,80)81)99-54-27-46(85-31-43-22-15-10-16-23-43)48(33-88-54)92-62-56(68-71-65)39(4)59(50(95-62)35-90-101(76,77)78)97-52-25-44(37(2)28-86-52)83-29-41-18-11-8-12-19-41;;;;;;;;;;3*1-5(2,3)4/h1,8-16,18-23,25-28,32-33,37-40,44-63H,7,17,24,29-31,34-36H2,2-5H3,(H,73,74,75)(H,76,77,78)(H,79,80,81);;;;;;;;;;3*(H2,1,2,3,4)/q-6;9*+1;;;/p-6/t37-,38+,39+,40+,44-,45-,46-,47-,48-,49?,50?,51?,52-,53-,54-,55?,56?,57?,58+,59+,60+,61+,62+,63+;;;;;;;;;;;;/m0............/s1. The van der Waals surface area contributed by atoms with Crippen molar-refractivity contribution < 1.29 is 345 Å². The Morgan fingerprint density at radius 3 is 0.968 bits per heavy atom.